The first-order valence-electron chi connectivity index (χ1n) is 7.74. The molecular weight excluding hydrogens is 290 g/mol. The maximum absolute atomic E-state index is 12.0. The van der Waals surface area contributed by atoms with Gasteiger partial charge in [0.1, 0.15) is 0 Å². The largest absolute Gasteiger partial charge is 0.333 e. The first-order valence-corrected chi connectivity index (χ1v) is 7.74. The molecule has 2 aromatic carbocycles. The Kier molecular flexibility index (Phi) is 4.57. The van der Waals surface area contributed by atoms with Gasteiger partial charge < -0.3 is 5.32 Å². The van der Waals surface area contributed by atoms with Crippen molar-refractivity contribution in [2.45, 2.75) is 25.3 Å². The topological polar surface area (TPSA) is 70.2 Å². The number of aryl methyl sites for hydroxylation is 1. The highest BCUT2D eigenvalue weighted by molar-refractivity contribution is 5.95. The first-order chi connectivity index (χ1) is 11.2. The molecule has 2 aromatic rings. The van der Waals surface area contributed by atoms with Gasteiger partial charge in [-0.3, -0.25) is 10.2 Å². The lowest BCUT2D eigenvalue weighted by Crippen LogP contribution is -2.48. The second-order valence-electron chi connectivity index (χ2n) is 5.56. The minimum Gasteiger partial charge on any atom is -0.330 e. The van der Waals surface area contributed by atoms with Crippen LogP contribution in [0.5, 0.6) is 0 Å². The number of nitrogens with one attached hydrogen (secondary N) is 3. The zero-order valence-electron chi connectivity index (χ0n) is 12.7. The van der Waals surface area contributed by atoms with Crippen molar-refractivity contribution in [2.24, 2.45) is 0 Å². The van der Waals surface area contributed by atoms with Gasteiger partial charge in [-0.05, 0) is 42.5 Å². The van der Waals surface area contributed by atoms with Crippen LogP contribution in [-0.2, 0) is 6.42 Å². The SMILES string of the molecule is O=C(NNC(=O)c1ccccc1)NC1CCCc2ccccc21. The molecule has 0 bridgehead atoms. The van der Waals surface area contributed by atoms with Gasteiger partial charge in [-0.25, -0.2) is 10.2 Å². The average Bonchev–Trinajstić information content (AvgIpc) is 2.61. The maximum Gasteiger partial charge on any atom is 0.333 e. The summed E-state index contributed by atoms with van der Waals surface area (Å²) >= 11 is 0. The van der Waals surface area contributed by atoms with E-state index in [-0.39, 0.29) is 11.9 Å². The highest BCUT2D eigenvalue weighted by Gasteiger charge is 2.21. The number of urea groups is 1. The molecule has 118 valence electrons. The standard InChI is InChI=1S/C18H19N3O2/c22-17(14-8-2-1-3-9-14)20-21-18(23)19-16-12-6-10-13-7-4-5-11-15(13)16/h1-5,7-9,11,16H,6,10,12H2,(H,20,22)(H2,19,21,23). The molecule has 0 aromatic heterocycles. The lowest BCUT2D eigenvalue weighted by Gasteiger charge is -2.26. The number of carbonyl (C=O) groups excluding carboxylic acids is 2. The van der Waals surface area contributed by atoms with Crippen molar-refractivity contribution in [3.63, 3.8) is 0 Å². The summed E-state index contributed by atoms with van der Waals surface area (Å²) in [6.45, 7) is 0. The molecule has 0 spiro atoms. The normalized spacial score (nSPS) is 16.1. The number of hydrogen-bond acceptors (Lipinski definition) is 2. The smallest absolute Gasteiger partial charge is 0.330 e. The summed E-state index contributed by atoms with van der Waals surface area (Å²) < 4.78 is 0. The van der Waals surface area contributed by atoms with Crippen molar-refractivity contribution < 1.29 is 9.59 Å². The quantitative estimate of drug-likeness (QED) is 0.747. The molecule has 0 aliphatic heterocycles. The third-order valence-corrected chi connectivity index (χ3v) is 4.00. The van der Waals surface area contributed by atoms with Gasteiger partial charge in [0.25, 0.3) is 5.91 Å². The summed E-state index contributed by atoms with van der Waals surface area (Å²) in [5.41, 5.74) is 7.75. The molecule has 5 nitrogen and oxygen atoms in total. The van der Waals surface area contributed by atoms with Gasteiger partial charge >= 0.3 is 6.03 Å². The third kappa shape index (κ3) is 3.69. The van der Waals surface area contributed by atoms with Gasteiger partial charge in [0.05, 0.1) is 6.04 Å². The highest BCUT2D eigenvalue weighted by Crippen LogP contribution is 2.29. The molecule has 1 unspecified atom stereocenters. The van der Waals surface area contributed by atoms with E-state index in [2.05, 4.69) is 22.2 Å². The molecule has 5 heteroatoms. The van der Waals surface area contributed by atoms with Crippen molar-refractivity contribution in [1.82, 2.24) is 16.2 Å². The monoisotopic (exact) mass is 309 g/mol. The van der Waals surface area contributed by atoms with Gasteiger partial charge in [-0.15, -0.1) is 0 Å². The minimum absolute atomic E-state index is 0.0198. The number of rotatable bonds is 2. The van der Waals surface area contributed by atoms with Crippen LogP contribution in [0.25, 0.3) is 0 Å². The maximum atomic E-state index is 12.0. The molecule has 0 fully saturated rings. The van der Waals surface area contributed by atoms with Crippen LogP contribution in [0.2, 0.25) is 0 Å². The van der Waals surface area contributed by atoms with Crippen molar-refractivity contribution in [3.05, 3.63) is 71.3 Å². The third-order valence-electron chi connectivity index (χ3n) is 4.00. The van der Waals surface area contributed by atoms with Crippen LogP contribution in [0.1, 0.15) is 40.4 Å². The van der Waals surface area contributed by atoms with E-state index in [1.165, 1.54) is 5.56 Å². The van der Waals surface area contributed by atoms with E-state index in [0.717, 1.165) is 24.8 Å². The number of carbonyl (C=O) groups is 2. The van der Waals surface area contributed by atoms with E-state index in [4.69, 9.17) is 0 Å². The summed E-state index contributed by atoms with van der Waals surface area (Å²) in [7, 11) is 0. The second-order valence-corrected chi connectivity index (χ2v) is 5.56. The Labute approximate surface area is 135 Å². The second kappa shape index (κ2) is 6.96. The lowest BCUT2D eigenvalue weighted by molar-refractivity contribution is 0.0935. The lowest BCUT2D eigenvalue weighted by atomic mass is 9.88. The van der Waals surface area contributed by atoms with Crippen LogP contribution < -0.4 is 16.2 Å². The van der Waals surface area contributed by atoms with Gasteiger partial charge in [0, 0.05) is 5.56 Å². The average molecular weight is 309 g/mol. The molecule has 0 radical (unpaired) electrons. The number of amides is 3. The number of hydrogen-bond donors (Lipinski definition) is 3. The van der Waals surface area contributed by atoms with E-state index >= 15 is 0 Å². The Balaban J connectivity index is 1.55. The zero-order valence-corrected chi connectivity index (χ0v) is 12.7. The predicted octanol–water partition coefficient (Wildman–Crippen LogP) is 2.71. The van der Waals surface area contributed by atoms with Gasteiger partial charge in [-0.2, -0.15) is 0 Å². The number of benzene rings is 2. The van der Waals surface area contributed by atoms with Crippen LogP contribution in [0.4, 0.5) is 4.79 Å². The van der Waals surface area contributed by atoms with Gasteiger partial charge in [0.15, 0.2) is 0 Å². The molecule has 3 N–H and O–H groups in total. The Morgan fingerprint density at radius 3 is 2.48 bits per heavy atom. The van der Waals surface area contributed by atoms with Gasteiger partial charge in [-0.1, -0.05) is 42.5 Å². The Bertz CT molecular complexity index is 700. The minimum atomic E-state index is -0.406. The molecule has 1 atom stereocenters. The summed E-state index contributed by atoms with van der Waals surface area (Å²) in [6.07, 6.45) is 2.98. The van der Waals surface area contributed by atoms with Crippen LogP contribution in [-0.4, -0.2) is 11.9 Å². The molecule has 1 aliphatic rings. The number of hydrazine groups is 1. The number of fused-ring (bicyclic) bond motifs is 1. The van der Waals surface area contributed by atoms with Crippen LogP contribution in [0, 0.1) is 0 Å². The van der Waals surface area contributed by atoms with E-state index in [9.17, 15) is 9.59 Å². The molecule has 0 saturated carbocycles. The Morgan fingerprint density at radius 1 is 0.913 bits per heavy atom. The fraction of sp³-hybridized carbons (Fsp3) is 0.222. The van der Waals surface area contributed by atoms with Gasteiger partial charge in [0.2, 0.25) is 0 Å². The van der Waals surface area contributed by atoms with Crippen molar-refractivity contribution in [2.75, 3.05) is 0 Å². The fourth-order valence-electron chi connectivity index (χ4n) is 2.87. The summed E-state index contributed by atoms with van der Waals surface area (Å²) in [4.78, 5) is 23.9. The van der Waals surface area contributed by atoms with Crippen LogP contribution in [0.3, 0.4) is 0 Å². The molecular formula is C18H19N3O2. The summed E-state index contributed by atoms with van der Waals surface area (Å²) in [6, 6.07) is 16.5. The molecule has 3 rings (SSSR count). The van der Waals surface area contributed by atoms with Crippen LogP contribution >= 0.6 is 0 Å². The van der Waals surface area contributed by atoms with E-state index in [1.807, 2.05) is 24.3 Å². The predicted molar refractivity (Wildman–Crippen MR) is 87.7 cm³/mol. The molecule has 1 aliphatic carbocycles. The molecule has 23 heavy (non-hydrogen) atoms. The van der Waals surface area contributed by atoms with E-state index < -0.39 is 6.03 Å². The summed E-state index contributed by atoms with van der Waals surface area (Å²) in [5, 5.41) is 2.92. The highest BCUT2D eigenvalue weighted by atomic mass is 16.2. The molecule has 0 heterocycles. The summed E-state index contributed by atoms with van der Waals surface area (Å²) in [5.74, 6) is -0.343. The van der Waals surface area contributed by atoms with Crippen molar-refractivity contribution >= 4 is 11.9 Å². The molecule has 0 saturated heterocycles. The van der Waals surface area contributed by atoms with Crippen molar-refractivity contribution in [1.29, 1.82) is 0 Å². The molecule has 3 amide bonds. The fourth-order valence-corrected chi connectivity index (χ4v) is 2.87. The first kappa shape index (κ1) is 15.1. The zero-order chi connectivity index (χ0) is 16.1. The Hall–Kier alpha value is -2.82. The van der Waals surface area contributed by atoms with Crippen LogP contribution in [0.15, 0.2) is 54.6 Å². The Morgan fingerprint density at radius 2 is 1.65 bits per heavy atom. The van der Waals surface area contributed by atoms with E-state index in [1.54, 1.807) is 24.3 Å². The van der Waals surface area contributed by atoms with Crippen molar-refractivity contribution in [3.8, 4) is 0 Å². The van der Waals surface area contributed by atoms with E-state index in [0.29, 0.717) is 5.56 Å².